The first-order chi connectivity index (χ1) is 11.6. The predicted molar refractivity (Wildman–Crippen MR) is 89.3 cm³/mol. The Balaban J connectivity index is 1.88. The summed E-state index contributed by atoms with van der Waals surface area (Å²) >= 11 is 0. The molecule has 124 valence electrons. The molecule has 0 aromatic heterocycles. The lowest BCUT2D eigenvalue weighted by atomic mass is 10.1. The fourth-order valence-electron chi connectivity index (χ4n) is 1.99. The van der Waals surface area contributed by atoms with Gasteiger partial charge >= 0.3 is 5.97 Å². The molecule has 2 amide bonds. The Labute approximate surface area is 139 Å². The van der Waals surface area contributed by atoms with Crippen molar-refractivity contribution in [2.75, 3.05) is 12.4 Å². The van der Waals surface area contributed by atoms with Gasteiger partial charge in [0.05, 0.1) is 7.11 Å². The Morgan fingerprint density at radius 2 is 1.62 bits per heavy atom. The van der Waals surface area contributed by atoms with Crippen molar-refractivity contribution in [1.82, 2.24) is 5.32 Å². The molecule has 0 saturated carbocycles. The maximum absolute atomic E-state index is 12.1. The van der Waals surface area contributed by atoms with E-state index < -0.39 is 11.9 Å². The number of methoxy groups -OCH3 is 1. The van der Waals surface area contributed by atoms with Gasteiger partial charge in [0.25, 0.3) is 5.91 Å². The highest BCUT2D eigenvalue weighted by molar-refractivity contribution is 6.02. The average Bonchev–Trinajstić information content (AvgIpc) is 2.61. The normalized spacial score (nSPS) is 9.88. The highest BCUT2D eigenvalue weighted by atomic mass is 16.5. The van der Waals surface area contributed by atoms with E-state index in [1.165, 1.54) is 7.11 Å². The van der Waals surface area contributed by atoms with Gasteiger partial charge in [-0.25, -0.2) is 0 Å². The van der Waals surface area contributed by atoms with Gasteiger partial charge in [-0.15, -0.1) is 0 Å². The maximum atomic E-state index is 12.1. The summed E-state index contributed by atoms with van der Waals surface area (Å²) in [4.78, 5) is 34.7. The van der Waals surface area contributed by atoms with E-state index in [4.69, 9.17) is 0 Å². The number of benzene rings is 2. The first-order valence-electron chi connectivity index (χ1n) is 7.37. The average molecular weight is 326 g/mol. The van der Waals surface area contributed by atoms with Crippen molar-refractivity contribution in [3.8, 4) is 0 Å². The molecule has 0 saturated heterocycles. The molecule has 0 unspecified atom stereocenters. The van der Waals surface area contributed by atoms with E-state index in [1.54, 1.807) is 24.3 Å². The summed E-state index contributed by atoms with van der Waals surface area (Å²) in [7, 11) is 1.22. The molecule has 2 N–H and O–H groups in total. The Hall–Kier alpha value is -3.15. The van der Waals surface area contributed by atoms with Gasteiger partial charge in [-0.1, -0.05) is 30.3 Å². The molecule has 0 aliphatic carbocycles. The molecule has 24 heavy (non-hydrogen) atoms. The van der Waals surface area contributed by atoms with Crippen LogP contribution in [0.4, 0.5) is 5.69 Å². The van der Waals surface area contributed by atoms with Crippen LogP contribution in [-0.2, 0) is 20.9 Å². The van der Waals surface area contributed by atoms with Gasteiger partial charge in [0.2, 0.25) is 5.91 Å². The zero-order chi connectivity index (χ0) is 17.4. The fraction of sp³-hybridized carbons (Fsp3) is 0.167. The molecule has 2 rings (SSSR count). The maximum Gasteiger partial charge on any atom is 0.315 e. The summed E-state index contributed by atoms with van der Waals surface area (Å²) < 4.78 is 4.42. The van der Waals surface area contributed by atoms with Crippen LogP contribution in [0.15, 0.2) is 54.6 Å². The van der Waals surface area contributed by atoms with E-state index in [2.05, 4.69) is 15.4 Å². The number of ether oxygens (including phenoxy) is 1. The van der Waals surface area contributed by atoms with Gasteiger partial charge in [0.1, 0.15) is 6.42 Å². The van der Waals surface area contributed by atoms with Gasteiger partial charge in [0, 0.05) is 17.8 Å². The molecule has 0 spiro atoms. The molecule has 0 aliphatic rings. The third kappa shape index (κ3) is 5.24. The predicted octanol–water partition coefficient (Wildman–Crippen LogP) is 2.12. The Morgan fingerprint density at radius 3 is 2.25 bits per heavy atom. The minimum absolute atomic E-state index is 0.203. The lowest BCUT2D eigenvalue weighted by Crippen LogP contribution is -2.22. The first kappa shape index (κ1) is 17.2. The van der Waals surface area contributed by atoms with E-state index in [1.807, 2.05) is 30.3 Å². The molecule has 0 atom stereocenters. The van der Waals surface area contributed by atoms with Crippen LogP contribution in [0.3, 0.4) is 0 Å². The monoisotopic (exact) mass is 326 g/mol. The largest absolute Gasteiger partial charge is 0.469 e. The molecule has 6 heteroatoms. The molecular weight excluding hydrogens is 308 g/mol. The lowest BCUT2D eigenvalue weighted by molar-refractivity contribution is -0.142. The Morgan fingerprint density at radius 1 is 0.958 bits per heavy atom. The van der Waals surface area contributed by atoms with Crippen LogP contribution >= 0.6 is 0 Å². The number of esters is 1. The molecule has 0 fully saturated rings. The van der Waals surface area contributed by atoms with Crippen molar-refractivity contribution < 1.29 is 19.1 Å². The number of hydrogen-bond donors (Lipinski definition) is 2. The summed E-state index contributed by atoms with van der Waals surface area (Å²) in [6.07, 6.45) is -0.351. The second kappa shape index (κ2) is 8.47. The van der Waals surface area contributed by atoms with Crippen LogP contribution in [0.2, 0.25) is 0 Å². The quantitative estimate of drug-likeness (QED) is 0.629. The van der Waals surface area contributed by atoms with Crippen molar-refractivity contribution in [2.45, 2.75) is 13.0 Å². The lowest BCUT2D eigenvalue weighted by Gasteiger charge is -2.07. The van der Waals surface area contributed by atoms with Gasteiger partial charge in [-0.2, -0.15) is 0 Å². The number of nitrogens with one attached hydrogen (secondary N) is 2. The molecule has 6 nitrogen and oxygen atoms in total. The standard InChI is InChI=1S/C18H18N2O4/c1-24-17(22)11-16(21)20-15-9-7-14(8-10-15)18(23)19-12-13-5-3-2-4-6-13/h2-10H,11-12H2,1H3,(H,19,23)(H,20,21). The Kier molecular flexibility index (Phi) is 6.08. The SMILES string of the molecule is COC(=O)CC(=O)Nc1ccc(C(=O)NCc2ccccc2)cc1. The van der Waals surface area contributed by atoms with Crippen molar-refractivity contribution in [1.29, 1.82) is 0 Å². The van der Waals surface area contributed by atoms with Crippen LogP contribution in [-0.4, -0.2) is 24.9 Å². The van der Waals surface area contributed by atoms with Crippen LogP contribution in [0.5, 0.6) is 0 Å². The van der Waals surface area contributed by atoms with Crippen molar-refractivity contribution in [3.63, 3.8) is 0 Å². The summed E-state index contributed by atoms with van der Waals surface area (Å²) in [5.74, 6) is -1.28. The van der Waals surface area contributed by atoms with Crippen LogP contribution in [0.1, 0.15) is 22.3 Å². The number of hydrogen-bond acceptors (Lipinski definition) is 4. The van der Waals surface area contributed by atoms with Gasteiger partial charge < -0.3 is 15.4 Å². The summed E-state index contributed by atoms with van der Waals surface area (Å²) in [5.41, 5.74) is 2.00. The zero-order valence-electron chi connectivity index (χ0n) is 13.2. The van der Waals surface area contributed by atoms with E-state index in [0.717, 1.165) is 5.56 Å². The molecular formula is C18H18N2O4. The molecule has 0 heterocycles. The molecule has 0 bridgehead atoms. The first-order valence-corrected chi connectivity index (χ1v) is 7.37. The Bertz CT molecular complexity index is 712. The minimum Gasteiger partial charge on any atom is -0.469 e. The molecule has 0 aliphatic heterocycles. The fourth-order valence-corrected chi connectivity index (χ4v) is 1.99. The molecule has 0 radical (unpaired) electrons. The van der Waals surface area contributed by atoms with Crippen molar-refractivity contribution in [2.24, 2.45) is 0 Å². The number of anilines is 1. The van der Waals surface area contributed by atoms with Crippen LogP contribution in [0.25, 0.3) is 0 Å². The number of carbonyl (C=O) groups excluding carboxylic acids is 3. The summed E-state index contributed by atoms with van der Waals surface area (Å²) in [6.45, 7) is 0.442. The van der Waals surface area contributed by atoms with Gasteiger partial charge in [-0.3, -0.25) is 14.4 Å². The third-order valence-electron chi connectivity index (χ3n) is 3.26. The van der Waals surface area contributed by atoms with Gasteiger partial charge in [0.15, 0.2) is 0 Å². The second-order valence-corrected chi connectivity index (χ2v) is 5.05. The topological polar surface area (TPSA) is 84.5 Å². The van der Waals surface area contributed by atoms with Gasteiger partial charge in [-0.05, 0) is 29.8 Å². The second-order valence-electron chi connectivity index (χ2n) is 5.05. The smallest absolute Gasteiger partial charge is 0.315 e. The number of rotatable bonds is 6. The van der Waals surface area contributed by atoms with E-state index in [-0.39, 0.29) is 12.3 Å². The zero-order valence-corrected chi connectivity index (χ0v) is 13.2. The highest BCUT2D eigenvalue weighted by Gasteiger charge is 2.10. The minimum atomic E-state index is -0.607. The highest BCUT2D eigenvalue weighted by Crippen LogP contribution is 2.10. The van der Waals surface area contributed by atoms with E-state index in [0.29, 0.717) is 17.8 Å². The van der Waals surface area contributed by atoms with Crippen LogP contribution in [0, 0.1) is 0 Å². The third-order valence-corrected chi connectivity index (χ3v) is 3.26. The van der Waals surface area contributed by atoms with Crippen LogP contribution < -0.4 is 10.6 Å². The van der Waals surface area contributed by atoms with E-state index >= 15 is 0 Å². The summed E-state index contributed by atoms with van der Waals surface area (Å²) in [5, 5.41) is 5.38. The van der Waals surface area contributed by atoms with Crippen molar-refractivity contribution >= 4 is 23.5 Å². The molecule has 2 aromatic rings. The van der Waals surface area contributed by atoms with E-state index in [9.17, 15) is 14.4 Å². The number of carbonyl (C=O) groups is 3. The van der Waals surface area contributed by atoms with Crippen molar-refractivity contribution in [3.05, 3.63) is 65.7 Å². The summed E-state index contributed by atoms with van der Waals surface area (Å²) in [6, 6.07) is 16.0. The molecule has 2 aromatic carbocycles. The number of amides is 2.